The minimum atomic E-state index is -0.396. The minimum Gasteiger partial charge on any atom is -0.412 e. The molecule has 6 heteroatoms. The summed E-state index contributed by atoms with van der Waals surface area (Å²) in [6.07, 6.45) is 0. The van der Waals surface area contributed by atoms with Crippen molar-refractivity contribution >= 4 is 19.0 Å². The highest BCUT2D eigenvalue weighted by Gasteiger charge is 2.01. The molecule has 0 atom stereocenters. The molecule has 1 aromatic rings. The Morgan fingerprint density at radius 2 is 1.92 bits per heavy atom. The van der Waals surface area contributed by atoms with Crippen molar-refractivity contribution in [3.05, 3.63) is 34.4 Å². The zero-order chi connectivity index (χ0) is 7.56. The van der Waals surface area contributed by atoms with Gasteiger partial charge in [0.15, 0.2) is 0 Å². The summed E-state index contributed by atoms with van der Waals surface area (Å²) in [6, 6.07) is 6.52. The molecular weight excluding hydrogens is 161 g/mol. The third-order valence-electron chi connectivity index (χ3n) is 1.21. The number of benzene rings is 1. The number of nitro groups is 1. The second-order valence-electron chi connectivity index (χ2n) is 2.10. The molecule has 0 amide bonds. The Hall–Kier alpha value is -1.40. The summed E-state index contributed by atoms with van der Waals surface area (Å²) < 4.78 is 0. The van der Waals surface area contributed by atoms with E-state index >= 15 is 0 Å². The smallest absolute Gasteiger partial charge is 0.268 e. The first-order valence-electron chi connectivity index (χ1n) is 2.91. The molecule has 0 aliphatic carbocycles. The molecule has 12 heavy (non-hydrogen) atoms. The Kier molecular flexibility index (Phi) is 5.81. The van der Waals surface area contributed by atoms with Crippen LogP contribution in [-0.2, 0) is 0 Å². The average molecular weight is 171 g/mol. The fourth-order valence-corrected chi connectivity index (χ4v) is 0.742. The van der Waals surface area contributed by atoms with E-state index < -0.39 is 4.92 Å². The normalized spacial score (nSPS) is 7.67. The molecule has 66 valence electrons. The minimum absolute atomic E-state index is 0. The molecule has 0 bridgehead atoms. The van der Waals surface area contributed by atoms with Crippen LogP contribution in [0.3, 0.4) is 0 Å². The SMILES string of the molecule is Bc1cccc([N+](=O)[O-])c1.O.O. The molecule has 0 aliphatic heterocycles. The summed E-state index contributed by atoms with van der Waals surface area (Å²) in [5, 5.41) is 10.2. The van der Waals surface area contributed by atoms with Crippen LogP contribution in [0.4, 0.5) is 5.69 Å². The van der Waals surface area contributed by atoms with E-state index in [0.717, 1.165) is 5.46 Å². The monoisotopic (exact) mass is 171 g/mol. The van der Waals surface area contributed by atoms with Crippen LogP contribution in [0.25, 0.3) is 0 Å². The summed E-state index contributed by atoms with van der Waals surface area (Å²) in [5.41, 5.74) is 1.06. The molecule has 5 nitrogen and oxygen atoms in total. The van der Waals surface area contributed by atoms with Gasteiger partial charge in [-0.25, -0.2) is 0 Å². The van der Waals surface area contributed by atoms with Gasteiger partial charge in [0.05, 0.1) is 4.92 Å². The van der Waals surface area contributed by atoms with Crippen molar-refractivity contribution in [2.75, 3.05) is 0 Å². The van der Waals surface area contributed by atoms with E-state index in [0.29, 0.717) is 0 Å². The molecular formula is C6H10BNO4. The van der Waals surface area contributed by atoms with E-state index in [2.05, 4.69) is 0 Å². The molecule has 0 saturated heterocycles. The van der Waals surface area contributed by atoms with Crippen LogP contribution in [0, 0.1) is 10.1 Å². The maximum absolute atomic E-state index is 10.2. The van der Waals surface area contributed by atoms with Gasteiger partial charge in [0, 0.05) is 12.1 Å². The Balaban J connectivity index is 0. The zero-order valence-electron chi connectivity index (χ0n) is 6.57. The van der Waals surface area contributed by atoms with Crippen LogP contribution in [0.15, 0.2) is 24.3 Å². The topological polar surface area (TPSA) is 106 Å². The highest BCUT2D eigenvalue weighted by molar-refractivity contribution is 6.32. The predicted molar refractivity (Wildman–Crippen MR) is 48.5 cm³/mol. The zero-order valence-corrected chi connectivity index (χ0v) is 6.57. The number of hydrogen-bond acceptors (Lipinski definition) is 2. The third kappa shape index (κ3) is 3.13. The first-order valence-corrected chi connectivity index (χ1v) is 2.91. The van der Waals surface area contributed by atoms with Crippen molar-refractivity contribution in [3.8, 4) is 0 Å². The summed E-state index contributed by atoms with van der Waals surface area (Å²) in [5.74, 6) is 0. The first kappa shape index (κ1) is 13.2. The molecule has 0 aromatic heterocycles. The average Bonchev–Trinajstić information content (AvgIpc) is 1.88. The highest BCUT2D eigenvalue weighted by atomic mass is 16.6. The van der Waals surface area contributed by atoms with E-state index in [-0.39, 0.29) is 16.6 Å². The third-order valence-corrected chi connectivity index (χ3v) is 1.21. The largest absolute Gasteiger partial charge is 0.412 e. The molecule has 0 saturated carbocycles. The van der Waals surface area contributed by atoms with Gasteiger partial charge < -0.3 is 11.0 Å². The van der Waals surface area contributed by atoms with Crippen LogP contribution in [0.5, 0.6) is 0 Å². The van der Waals surface area contributed by atoms with Gasteiger partial charge in [0.25, 0.3) is 5.69 Å². The molecule has 0 unspecified atom stereocenters. The molecule has 0 aliphatic rings. The van der Waals surface area contributed by atoms with Crippen LogP contribution in [0.1, 0.15) is 0 Å². The van der Waals surface area contributed by atoms with Gasteiger partial charge in [-0.05, 0) is 0 Å². The van der Waals surface area contributed by atoms with Crippen molar-refractivity contribution in [1.29, 1.82) is 0 Å². The van der Waals surface area contributed by atoms with Gasteiger partial charge in [-0.2, -0.15) is 0 Å². The van der Waals surface area contributed by atoms with E-state index in [4.69, 9.17) is 0 Å². The lowest BCUT2D eigenvalue weighted by atomic mass is 9.96. The quantitative estimate of drug-likeness (QED) is 0.282. The van der Waals surface area contributed by atoms with Crippen LogP contribution in [-0.4, -0.2) is 23.7 Å². The number of non-ortho nitro benzene ring substituents is 1. The summed E-state index contributed by atoms with van der Waals surface area (Å²) >= 11 is 0. The van der Waals surface area contributed by atoms with E-state index in [9.17, 15) is 10.1 Å². The standard InChI is InChI=1S/C6H6BNO2.2H2O/c7-5-2-1-3-6(4-5)8(9)10;;/h1-4H,7H2;2*1H2. The van der Waals surface area contributed by atoms with Crippen LogP contribution >= 0.6 is 0 Å². The second-order valence-corrected chi connectivity index (χ2v) is 2.10. The van der Waals surface area contributed by atoms with E-state index in [1.165, 1.54) is 6.07 Å². The Morgan fingerprint density at radius 1 is 1.33 bits per heavy atom. The maximum Gasteiger partial charge on any atom is 0.268 e. The van der Waals surface area contributed by atoms with Gasteiger partial charge in [-0.3, -0.25) is 10.1 Å². The Morgan fingerprint density at radius 3 is 2.25 bits per heavy atom. The predicted octanol–water partition coefficient (Wildman–Crippen LogP) is -1.80. The molecule has 4 N–H and O–H groups in total. The summed E-state index contributed by atoms with van der Waals surface area (Å²) in [4.78, 5) is 9.76. The van der Waals surface area contributed by atoms with Gasteiger partial charge in [0.1, 0.15) is 7.85 Å². The Bertz CT molecular complexity index is 265. The lowest BCUT2D eigenvalue weighted by Gasteiger charge is -1.90. The number of nitro benzene ring substituents is 1. The van der Waals surface area contributed by atoms with Crippen molar-refractivity contribution in [2.45, 2.75) is 0 Å². The molecule has 1 aromatic carbocycles. The number of nitrogens with zero attached hydrogens (tertiary/aromatic N) is 1. The highest BCUT2D eigenvalue weighted by Crippen LogP contribution is 2.05. The number of rotatable bonds is 1. The fourth-order valence-electron chi connectivity index (χ4n) is 0.742. The van der Waals surface area contributed by atoms with Crippen molar-refractivity contribution in [3.63, 3.8) is 0 Å². The van der Waals surface area contributed by atoms with Gasteiger partial charge in [-0.15, -0.1) is 0 Å². The second kappa shape index (κ2) is 5.28. The molecule has 0 heterocycles. The van der Waals surface area contributed by atoms with E-state index in [1.807, 2.05) is 13.9 Å². The molecule has 0 radical (unpaired) electrons. The van der Waals surface area contributed by atoms with Crippen molar-refractivity contribution in [2.24, 2.45) is 0 Å². The van der Waals surface area contributed by atoms with Crippen LogP contribution in [0.2, 0.25) is 0 Å². The lowest BCUT2D eigenvalue weighted by molar-refractivity contribution is -0.384. The van der Waals surface area contributed by atoms with Gasteiger partial charge in [-0.1, -0.05) is 17.6 Å². The van der Waals surface area contributed by atoms with Gasteiger partial charge >= 0.3 is 0 Å². The first-order chi connectivity index (χ1) is 4.70. The maximum atomic E-state index is 10.2. The number of hydrogen-bond donors (Lipinski definition) is 0. The molecule has 0 fully saturated rings. The van der Waals surface area contributed by atoms with Crippen molar-refractivity contribution in [1.82, 2.24) is 0 Å². The Labute approximate surface area is 70.2 Å². The lowest BCUT2D eigenvalue weighted by Crippen LogP contribution is -2.01. The van der Waals surface area contributed by atoms with Crippen molar-refractivity contribution < 1.29 is 15.9 Å². The van der Waals surface area contributed by atoms with Gasteiger partial charge in [0.2, 0.25) is 0 Å². The summed E-state index contributed by atoms with van der Waals surface area (Å²) in [7, 11) is 1.83. The molecule has 1 rings (SSSR count). The molecule has 0 spiro atoms. The summed E-state index contributed by atoms with van der Waals surface area (Å²) in [6.45, 7) is 0. The fraction of sp³-hybridized carbons (Fsp3) is 0. The van der Waals surface area contributed by atoms with Crippen LogP contribution < -0.4 is 5.46 Å². The van der Waals surface area contributed by atoms with E-state index in [1.54, 1.807) is 12.1 Å².